The van der Waals surface area contributed by atoms with Gasteiger partial charge >= 0.3 is 0 Å². The van der Waals surface area contributed by atoms with Crippen LogP contribution < -0.4 is 0 Å². The molecule has 0 amide bonds. The molecule has 13 rings (SSSR count). The first-order valence-corrected chi connectivity index (χ1v) is 27.6. The summed E-state index contributed by atoms with van der Waals surface area (Å²) in [5, 5.41) is 17.7. The van der Waals surface area contributed by atoms with Crippen molar-refractivity contribution in [2.45, 2.75) is 0 Å². The van der Waals surface area contributed by atoms with Crippen LogP contribution in [0.15, 0.2) is 177 Å². The molecule has 2 nitrogen and oxygen atoms in total. The fourth-order valence-electron chi connectivity index (χ4n) is 9.46. The largest absolute Gasteiger partial charge is 0.256 e. The van der Waals surface area contributed by atoms with Crippen LogP contribution in [0.4, 0.5) is 0 Å². The average molecular weight is 963 g/mol. The summed E-state index contributed by atoms with van der Waals surface area (Å²) in [4.78, 5) is 21.1. The van der Waals surface area contributed by atoms with Gasteiger partial charge in [-0.25, -0.2) is 0 Å². The predicted octanol–water partition coefficient (Wildman–Crippen LogP) is 19.3. The van der Waals surface area contributed by atoms with E-state index in [4.69, 9.17) is 9.97 Å². The van der Waals surface area contributed by atoms with Crippen molar-refractivity contribution in [2.75, 3.05) is 0 Å². The molecular formula is C54H30N2S8. The van der Waals surface area contributed by atoms with Gasteiger partial charge in [0.25, 0.3) is 0 Å². The van der Waals surface area contributed by atoms with E-state index >= 15 is 0 Å². The molecule has 10 heterocycles. The van der Waals surface area contributed by atoms with Gasteiger partial charge in [0.2, 0.25) is 0 Å². The Bertz CT molecular complexity index is 3080. The summed E-state index contributed by atoms with van der Waals surface area (Å²) in [6.07, 6.45) is 4.00. The minimum Gasteiger partial charge on any atom is -0.256 e. The first-order chi connectivity index (χ1) is 31.8. The van der Waals surface area contributed by atoms with E-state index in [9.17, 15) is 0 Å². The maximum Gasteiger partial charge on any atom is 0.0794 e. The third-order valence-corrected chi connectivity index (χ3v) is 18.9. The molecule has 0 fully saturated rings. The van der Waals surface area contributed by atoms with Crippen molar-refractivity contribution < 1.29 is 0 Å². The van der Waals surface area contributed by atoms with Gasteiger partial charge in [0.05, 0.1) is 11.4 Å². The molecule has 0 radical (unpaired) electrons. The molecule has 1 aliphatic rings. The van der Waals surface area contributed by atoms with E-state index in [1.165, 1.54) is 83.5 Å². The molecule has 0 N–H and O–H groups in total. The van der Waals surface area contributed by atoms with Gasteiger partial charge in [0.15, 0.2) is 0 Å². The summed E-state index contributed by atoms with van der Waals surface area (Å²) in [6, 6.07) is 44.9. The number of fused-ring (bicyclic) bond motifs is 8. The molecule has 0 aliphatic heterocycles. The number of nitrogens with zero attached hydrogens (tertiary/aromatic N) is 2. The fraction of sp³-hybridized carbons (Fsp3) is 0. The van der Waals surface area contributed by atoms with Crippen molar-refractivity contribution >= 4 is 90.7 Å². The third-order valence-electron chi connectivity index (χ3n) is 11.8. The highest BCUT2D eigenvalue weighted by Gasteiger charge is 2.39. The molecule has 2 aromatic carbocycles. The molecule has 0 spiro atoms. The van der Waals surface area contributed by atoms with E-state index < -0.39 is 0 Å². The normalized spacial score (nSPS) is 11.8. The second kappa shape index (κ2) is 16.1. The lowest BCUT2D eigenvalue weighted by Gasteiger charge is -2.32. The van der Waals surface area contributed by atoms with Crippen LogP contribution in [0.25, 0.3) is 128 Å². The fourth-order valence-corrected chi connectivity index (χ4v) is 15.7. The lowest BCUT2D eigenvalue weighted by molar-refractivity contribution is 1.30. The molecule has 10 heteroatoms. The Hall–Kier alpha value is -5.66. The molecule has 0 bridgehead atoms. The number of rotatable bonds is 8. The number of benzene rings is 2. The maximum atomic E-state index is 5.63. The quantitative estimate of drug-likeness (QED) is 0.152. The molecule has 12 aromatic rings. The maximum absolute atomic E-state index is 5.63. The van der Waals surface area contributed by atoms with Gasteiger partial charge in [-0.2, -0.15) is 0 Å². The SMILES string of the molecule is c1csc(-c2c(-c3cccs3)c(-c3cccs3)c3c(c2-c2cccs2)-c2cccnc2-c2c(-c4cccs4)c(-c4cccs4)c(-c4cccs4)c(-c4cccs4)c2-c2cccnc2-3)c1. The standard InChI is InChI=1S/C54H30N2S8/c1-11-31-41-43(33-13-3-23-57-33)45(35-15-5-25-59-35)47(37-17-7-27-61-37)49(39-19-9-29-63-39)51(41)54-32(12-2-22-56-54)42-44(34-14-4-24-58-34)46(36-16-6-26-60-36)48(38-18-8-28-62-38)50(40-20-10-30-64-40)52(42)53(31)55-21-1/h1-30H. The van der Waals surface area contributed by atoms with Gasteiger partial charge in [-0.1, -0.05) is 60.7 Å². The van der Waals surface area contributed by atoms with Crippen LogP contribution in [-0.4, -0.2) is 9.97 Å². The van der Waals surface area contributed by atoms with Gasteiger partial charge in [0.1, 0.15) is 0 Å². The zero-order valence-corrected chi connectivity index (χ0v) is 40.0. The second-order valence-corrected chi connectivity index (χ2v) is 22.7. The first-order valence-electron chi connectivity index (χ1n) is 20.5. The van der Waals surface area contributed by atoms with E-state index in [-0.39, 0.29) is 0 Å². The number of pyridine rings is 2. The summed E-state index contributed by atoms with van der Waals surface area (Å²) in [6.45, 7) is 0. The lowest BCUT2D eigenvalue weighted by Crippen LogP contribution is -2.08. The Balaban J connectivity index is 1.34. The Morgan fingerprint density at radius 3 is 0.656 bits per heavy atom. The van der Waals surface area contributed by atoms with Crippen molar-refractivity contribution in [1.29, 1.82) is 0 Å². The molecule has 10 aromatic heterocycles. The highest BCUT2D eigenvalue weighted by atomic mass is 32.1. The van der Waals surface area contributed by atoms with Crippen molar-refractivity contribution in [3.8, 4) is 128 Å². The highest BCUT2D eigenvalue weighted by Crippen LogP contribution is 2.64. The van der Waals surface area contributed by atoms with Crippen LogP contribution in [0.1, 0.15) is 0 Å². The minimum atomic E-state index is 0.973. The van der Waals surface area contributed by atoms with Crippen molar-refractivity contribution in [2.24, 2.45) is 0 Å². The van der Waals surface area contributed by atoms with Gasteiger partial charge in [-0.05, 0) is 104 Å². The Labute approximate surface area is 402 Å². The molecule has 0 saturated heterocycles. The van der Waals surface area contributed by atoms with Crippen LogP contribution >= 0.6 is 90.7 Å². The Morgan fingerprint density at radius 1 is 0.219 bits per heavy atom. The van der Waals surface area contributed by atoms with E-state index in [1.54, 1.807) is 68.0 Å². The predicted molar refractivity (Wildman–Crippen MR) is 284 cm³/mol. The number of thiophene rings is 8. The van der Waals surface area contributed by atoms with E-state index in [0.29, 0.717) is 0 Å². The van der Waals surface area contributed by atoms with E-state index in [0.717, 1.165) is 44.8 Å². The molecule has 0 atom stereocenters. The van der Waals surface area contributed by atoms with Crippen molar-refractivity contribution in [3.63, 3.8) is 0 Å². The number of hydrogen-bond donors (Lipinski definition) is 0. The van der Waals surface area contributed by atoms with Gasteiger partial charge < -0.3 is 0 Å². The zero-order valence-electron chi connectivity index (χ0n) is 33.5. The lowest BCUT2D eigenvalue weighted by atomic mass is 9.73. The van der Waals surface area contributed by atoms with E-state index in [1.807, 2.05) is 35.1 Å². The van der Waals surface area contributed by atoms with Crippen molar-refractivity contribution in [1.82, 2.24) is 9.97 Å². The monoisotopic (exact) mass is 962 g/mol. The zero-order chi connectivity index (χ0) is 42.1. The summed E-state index contributed by atoms with van der Waals surface area (Å²) in [5.74, 6) is 0. The van der Waals surface area contributed by atoms with Crippen LogP contribution in [0, 0.1) is 0 Å². The average Bonchev–Trinajstić information content (AvgIpc) is 4.20. The molecular weight excluding hydrogens is 933 g/mol. The third kappa shape index (κ3) is 6.09. The molecule has 1 aliphatic carbocycles. The summed E-state index contributed by atoms with van der Waals surface area (Å²) in [5.41, 5.74) is 18.6. The summed E-state index contributed by atoms with van der Waals surface area (Å²) in [7, 11) is 0. The Kier molecular flexibility index (Phi) is 9.75. The Morgan fingerprint density at radius 2 is 0.438 bits per heavy atom. The molecule has 0 unspecified atom stereocenters. The highest BCUT2D eigenvalue weighted by molar-refractivity contribution is 7.17. The second-order valence-electron chi connectivity index (χ2n) is 15.1. The smallest absolute Gasteiger partial charge is 0.0794 e. The van der Waals surface area contributed by atoms with Gasteiger partial charge in [-0.15, -0.1) is 90.7 Å². The summed E-state index contributed by atoms with van der Waals surface area (Å²) < 4.78 is 0. The van der Waals surface area contributed by atoms with Gasteiger partial charge in [0, 0.05) is 129 Å². The topological polar surface area (TPSA) is 25.8 Å². The molecule has 0 saturated carbocycles. The van der Waals surface area contributed by atoms with Crippen LogP contribution in [0.3, 0.4) is 0 Å². The molecule has 304 valence electrons. The van der Waals surface area contributed by atoms with Gasteiger partial charge in [-0.3, -0.25) is 9.97 Å². The van der Waals surface area contributed by atoms with Crippen LogP contribution in [0.2, 0.25) is 0 Å². The number of aromatic nitrogens is 2. The summed E-state index contributed by atoms with van der Waals surface area (Å²) >= 11 is 14.4. The van der Waals surface area contributed by atoms with Crippen molar-refractivity contribution in [3.05, 3.63) is 177 Å². The number of hydrogen-bond acceptors (Lipinski definition) is 10. The minimum absolute atomic E-state index is 0.973. The molecule has 64 heavy (non-hydrogen) atoms. The first kappa shape index (κ1) is 38.8. The van der Waals surface area contributed by atoms with Crippen LogP contribution in [-0.2, 0) is 0 Å². The van der Waals surface area contributed by atoms with E-state index in [2.05, 4.69) is 164 Å². The van der Waals surface area contributed by atoms with Crippen LogP contribution in [0.5, 0.6) is 0 Å².